The fourth-order valence-corrected chi connectivity index (χ4v) is 1.85. The van der Waals surface area contributed by atoms with E-state index in [0.717, 1.165) is 18.4 Å². The maximum Gasteiger partial charge on any atom is 0.251 e. The van der Waals surface area contributed by atoms with Crippen molar-refractivity contribution >= 4 is 5.91 Å². The van der Waals surface area contributed by atoms with E-state index >= 15 is 0 Å². The van der Waals surface area contributed by atoms with Gasteiger partial charge in [0.05, 0.1) is 6.42 Å². The van der Waals surface area contributed by atoms with Crippen molar-refractivity contribution in [2.75, 3.05) is 0 Å². The Hall–Kier alpha value is -2.17. The number of benzene rings is 1. The largest absolute Gasteiger partial charge is 0.425 e. The molecule has 98 valence electrons. The minimum Gasteiger partial charge on any atom is -0.425 e. The van der Waals surface area contributed by atoms with Crippen LogP contribution in [0.2, 0.25) is 0 Å². The molecule has 0 atom stereocenters. The van der Waals surface area contributed by atoms with Crippen molar-refractivity contribution in [2.24, 2.45) is 0 Å². The van der Waals surface area contributed by atoms with Crippen LogP contribution >= 0.6 is 0 Å². The van der Waals surface area contributed by atoms with Gasteiger partial charge < -0.3 is 9.73 Å². The fourth-order valence-electron chi connectivity index (χ4n) is 1.85. The van der Waals surface area contributed by atoms with Crippen LogP contribution in [0, 0.1) is 6.92 Å². The van der Waals surface area contributed by atoms with Crippen LogP contribution in [-0.4, -0.2) is 22.1 Å². The summed E-state index contributed by atoms with van der Waals surface area (Å²) in [7, 11) is 0. The fraction of sp³-hybridized carbons (Fsp3) is 0.357. The molecule has 1 saturated carbocycles. The molecule has 1 aromatic carbocycles. The number of amides is 1. The maximum atomic E-state index is 11.8. The Bertz CT molecular complexity index is 585. The van der Waals surface area contributed by atoms with E-state index in [0.29, 0.717) is 29.8 Å². The zero-order valence-electron chi connectivity index (χ0n) is 10.7. The first-order valence-electron chi connectivity index (χ1n) is 6.39. The number of aromatic nitrogens is 2. The van der Waals surface area contributed by atoms with E-state index in [-0.39, 0.29) is 5.91 Å². The minimum atomic E-state index is 0.00249. The number of hydrogen-bond acceptors (Lipinski definition) is 4. The van der Waals surface area contributed by atoms with Gasteiger partial charge in [-0.1, -0.05) is 12.1 Å². The first-order chi connectivity index (χ1) is 9.20. The van der Waals surface area contributed by atoms with Crippen LogP contribution in [0.1, 0.15) is 40.5 Å². The standard InChI is InChI=1S/C14H15N3O2/c1-9-16-17-13(19-9)8-10-2-4-11(5-3-10)14(18)15-12-6-7-12/h2-5,12H,6-8H2,1H3,(H,15,18). The van der Waals surface area contributed by atoms with E-state index in [1.807, 2.05) is 24.3 Å². The maximum absolute atomic E-state index is 11.8. The number of carbonyl (C=O) groups excluding carboxylic acids is 1. The Labute approximate surface area is 111 Å². The quantitative estimate of drug-likeness (QED) is 0.907. The second kappa shape index (κ2) is 4.84. The van der Waals surface area contributed by atoms with Crippen LogP contribution in [0.15, 0.2) is 28.7 Å². The SMILES string of the molecule is Cc1nnc(Cc2ccc(C(=O)NC3CC3)cc2)o1. The van der Waals surface area contributed by atoms with Crippen LogP contribution in [0.25, 0.3) is 0 Å². The van der Waals surface area contributed by atoms with Gasteiger partial charge in [-0.2, -0.15) is 0 Å². The molecule has 0 bridgehead atoms. The Morgan fingerprint density at radius 2 is 2.05 bits per heavy atom. The lowest BCUT2D eigenvalue weighted by molar-refractivity contribution is 0.0951. The Morgan fingerprint density at radius 3 is 2.63 bits per heavy atom. The van der Waals surface area contributed by atoms with Crippen LogP contribution < -0.4 is 5.32 Å². The summed E-state index contributed by atoms with van der Waals surface area (Å²) in [5.74, 6) is 1.16. The van der Waals surface area contributed by atoms with Crippen molar-refractivity contribution in [1.82, 2.24) is 15.5 Å². The molecule has 5 heteroatoms. The predicted molar refractivity (Wildman–Crippen MR) is 68.8 cm³/mol. The van der Waals surface area contributed by atoms with Gasteiger partial charge in [0.1, 0.15) is 0 Å². The molecule has 3 rings (SSSR count). The molecule has 19 heavy (non-hydrogen) atoms. The van der Waals surface area contributed by atoms with Crippen LogP contribution in [-0.2, 0) is 6.42 Å². The molecule has 1 aliphatic rings. The lowest BCUT2D eigenvalue weighted by Gasteiger charge is -2.04. The topological polar surface area (TPSA) is 68.0 Å². The van der Waals surface area contributed by atoms with Gasteiger partial charge in [0.15, 0.2) is 0 Å². The van der Waals surface area contributed by atoms with Crippen LogP contribution in [0.5, 0.6) is 0 Å². The van der Waals surface area contributed by atoms with Crippen molar-refractivity contribution in [1.29, 1.82) is 0 Å². The first-order valence-corrected chi connectivity index (χ1v) is 6.39. The summed E-state index contributed by atoms with van der Waals surface area (Å²) < 4.78 is 5.32. The second-order valence-corrected chi connectivity index (χ2v) is 4.84. The molecule has 1 heterocycles. The highest BCUT2D eigenvalue weighted by Crippen LogP contribution is 2.19. The van der Waals surface area contributed by atoms with Gasteiger partial charge in [-0.15, -0.1) is 10.2 Å². The molecular weight excluding hydrogens is 242 g/mol. The van der Waals surface area contributed by atoms with Crippen LogP contribution in [0.3, 0.4) is 0 Å². The lowest BCUT2D eigenvalue weighted by Crippen LogP contribution is -2.25. The number of rotatable bonds is 4. The normalized spacial score (nSPS) is 14.4. The number of nitrogens with one attached hydrogen (secondary N) is 1. The van der Waals surface area contributed by atoms with E-state index in [2.05, 4.69) is 15.5 Å². The number of hydrogen-bond donors (Lipinski definition) is 1. The van der Waals surface area contributed by atoms with Gasteiger partial charge in [-0.3, -0.25) is 4.79 Å². The monoisotopic (exact) mass is 257 g/mol. The van der Waals surface area contributed by atoms with Crippen molar-refractivity contribution in [3.05, 3.63) is 47.2 Å². The summed E-state index contributed by atoms with van der Waals surface area (Å²) in [6.45, 7) is 1.77. The summed E-state index contributed by atoms with van der Waals surface area (Å²) in [5, 5.41) is 10.7. The highest BCUT2D eigenvalue weighted by atomic mass is 16.4. The summed E-state index contributed by atoms with van der Waals surface area (Å²) in [6, 6.07) is 7.88. The van der Waals surface area contributed by atoms with E-state index in [1.165, 1.54) is 0 Å². The van der Waals surface area contributed by atoms with E-state index in [4.69, 9.17) is 4.42 Å². The lowest BCUT2D eigenvalue weighted by atomic mass is 10.1. The Balaban J connectivity index is 1.66. The molecule has 1 amide bonds. The number of nitrogens with zero attached hydrogens (tertiary/aromatic N) is 2. The Morgan fingerprint density at radius 1 is 1.32 bits per heavy atom. The molecule has 0 saturated heterocycles. The van der Waals surface area contributed by atoms with E-state index in [1.54, 1.807) is 6.92 Å². The Kier molecular flexibility index (Phi) is 3.03. The van der Waals surface area contributed by atoms with Crippen LogP contribution in [0.4, 0.5) is 0 Å². The zero-order valence-corrected chi connectivity index (χ0v) is 10.7. The van der Waals surface area contributed by atoms with Gasteiger partial charge in [0.2, 0.25) is 11.8 Å². The van der Waals surface area contributed by atoms with Gasteiger partial charge in [0, 0.05) is 18.5 Å². The first kappa shape index (κ1) is 11.9. The van der Waals surface area contributed by atoms with Crippen molar-refractivity contribution in [3.8, 4) is 0 Å². The number of aryl methyl sites for hydroxylation is 1. The summed E-state index contributed by atoms with van der Waals surface area (Å²) >= 11 is 0. The summed E-state index contributed by atoms with van der Waals surface area (Å²) in [6.07, 6.45) is 2.78. The van der Waals surface area contributed by atoms with Crippen molar-refractivity contribution < 1.29 is 9.21 Å². The third-order valence-electron chi connectivity index (χ3n) is 3.05. The summed E-state index contributed by atoms with van der Waals surface area (Å²) in [4.78, 5) is 11.8. The molecule has 0 radical (unpaired) electrons. The average Bonchev–Trinajstić information content (AvgIpc) is 3.12. The van der Waals surface area contributed by atoms with Crippen molar-refractivity contribution in [3.63, 3.8) is 0 Å². The minimum absolute atomic E-state index is 0.00249. The van der Waals surface area contributed by atoms with Gasteiger partial charge in [0.25, 0.3) is 5.91 Å². The van der Waals surface area contributed by atoms with Gasteiger partial charge in [-0.05, 0) is 30.5 Å². The molecule has 1 fully saturated rings. The zero-order chi connectivity index (χ0) is 13.2. The molecule has 0 aliphatic heterocycles. The third kappa shape index (κ3) is 2.99. The molecule has 2 aromatic rings. The van der Waals surface area contributed by atoms with Crippen molar-refractivity contribution in [2.45, 2.75) is 32.2 Å². The third-order valence-corrected chi connectivity index (χ3v) is 3.05. The molecule has 5 nitrogen and oxygen atoms in total. The number of carbonyl (C=O) groups is 1. The molecule has 1 N–H and O–H groups in total. The predicted octanol–water partition coefficient (Wildman–Crippen LogP) is 1.86. The molecule has 1 aromatic heterocycles. The molecule has 0 unspecified atom stereocenters. The molecule has 0 spiro atoms. The van der Waals surface area contributed by atoms with E-state index in [9.17, 15) is 4.79 Å². The second-order valence-electron chi connectivity index (χ2n) is 4.84. The summed E-state index contributed by atoms with van der Waals surface area (Å²) in [5.41, 5.74) is 1.74. The van der Waals surface area contributed by atoms with Gasteiger partial charge >= 0.3 is 0 Å². The smallest absolute Gasteiger partial charge is 0.251 e. The highest BCUT2D eigenvalue weighted by Gasteiger charge is 2.23. The molecular formula is C14H15N3O2. The highest BCUT2D eigenvalue weighted by molar-refractivity contribution is 5.94. The average molecular weight is 257 g/mol. The van der Waals surface area contributed by atoms with E-state index < -0.39 is 0 Å². The molecule has 1 aliphatic carbocycles. The van der Waals surface area contributed by atoms with Gasteiger partial charge in [-0.25, -0.2) is 0 Å².